The fourth-order valence-corrected chi connectivity index (χ4v) is 3.38. The number of carbonyl (C=O) groups excluding carboxylic acids is 2. The van der Waals surface area contributed by atoms with Gasteiger partial charge in [0.2, 0.25) is 5.91 Å². The Balaban J connectivity index is 2.15. The van der Waals surface area contributed by atoms with Crippen LogP contribution in [-0.2, 0) is 4.79 Å². The van der Waals surface area contributed by atoms with Gasteiger partial charge in [-0.25, -0.2) is 0 Å². The second-order valence-corrected chi connectivity index (χ2v) is 7.56. The molecule has 26 heavy (non-hydrogen) atoms. The van der Waals surface area contributed by atoms with E-state index in [0.717, 1.165) is 18.9 Å². The molecule has 0 aliphatic carbocycles. The average Bonchev–Trinajstić information content (AvgIpc) is 2.58. The summed E-state index contributed by atoms with van der Waals surface area (Å²) in [6.45, 7) is 7.23. The molecule has 2 atom stereocenters. The van der Waals surface area contributed by atoms with E-state index in [4.69, 9.17) is 11.6 Å². The quantitative estimate of drug-likeness (QED) is 0.625. The lowest BCUT2D eigenvalue weighted by Gasteiger charge is -2.35. The molecular weight excluding hydrogens is 358 g/mol. The summed E-state index contributed by atoms with van der Waals surface area (Å²) >= 11 is 6.02. The third-order valence-corrected chi connectivity index (χ3v) is 4.91. The third-order valence-electron chi connectivity index (χ3n) is 4.60. The van der Waals surface area contributed by atoms with Crippen molar-refractivity contribution in [2.75, 3.05) is 13.1 Å². The van der Waals surface area contributed by atoms with Crippen LogP contribution in [0.2, 0.25) is 5.02 Å². The molecule has 2 amide bonds. The maximum absolute atomic E-state index is 12.9. The Morgan fingerprint density at radius 1 is 1.38 bits per heavy atom. The Bertz CT molecular complexity index is 708. The fourth-order valence-electron chi connectivity index (χ4n) is 3.12. The molecule has 1 N–H and O–H groups in total. The van der Waals surface area contributed by atoms with Crippen LogP contribution in [0.4, 0.5) is 5.69 Å². The molecule has 0 aromatic heterocycles. The van der Waals surface area contributed by atoms with E-state index in [1.807, 2.05) is 13.8 Å². The first-order valence-electron chi connectivity index (χ1n) is 8.74. The van der Waals surface area contributed by atoms with E-state index >= 15 is 0 Å². The molecule has 1 fully saturated rings. The van der Waals surface area contributed by atoms with Crippen molar-refractivity contribution in [2.24, 2.45) is 11.8 Å². The zero-order valence-electron chi connectivity index (χ0n) is 15.2. The highest BCUT2D eigenvalue weighted by Gasteiger charge is 2.31. The summed E-state index contributed by atoms with van der Waals surface area (Å²) in [7, 11) is 0. The van der Waals surface area contributed by atoms with E-state index in [-0.39, 0.29) is 28.1 Å². The third kappa shape index (κ3) is 4.72. The predicted octanol–water partition coefficient (Wildman–Crippen LogP) is 3.26. The SMILES string of the molecule is CC1CCCN(C(=O)C(NC(=O)c2ccc([N+](=O)[O-])cc2Cl)C(C)C)C1. The lowest BCUT2D eigenvalue weighted by atomic mass is 9.97. The molecule has 2 rings (SSSR count). The van der Waals surface area contributed by atoms with Gasteiger partial charge in [-0.05, 0) is 30.7 Å². The molecule has 0 bridgehead atoms. The smallest absolute Gasteiger partial charge is 0.270 e. The Labute approximate surface area is 157 Å². The molecule has 1 aliphatic rings. The monoisotopic (exact) mass is 381 g/mol. The molecule has 0 spiro atoms. The number of nitrogens with one attached hydrogen (secondary N) is 1. The second-order valence-electron chi connectivity index (χ2n) is 7.15. The summed E-state index contributed by atoms with van der Waals surface area (Å²) < 4.78 is 0. The fraction of sp³-hybridized carbons (Fsp3) is 0.556. The maximum Gasteiger partial charge on any atom is 0.270 e. The number of amides is 2. The number of rotatable bonds is 5. The Hall–Kier alpha value is -2.15. The highest BCUT2D eigenvalue weighted by atomic mass is 35.5. The van der Waals surface area contributed by atoms with Crippen LogP contribution >= 0.6 is 11.6 Å². The minimum atomic E-state index is -0.668. The number of nitro groups is 1. The van der Waals surface area contributed by atoms with Gasteiger partial charge in [0, 0.05) is 25.2 Å². The number of non-ortho nitro benzene ring substituents is 1. The zero-order chi connectivity index (χ0) is 19.4. The first-order chi connectivity index (χ1) is 12.2. The van der Waals surface area contributed by atoms with Crippen molar-refractivity contribution in [1.29, 1.82) is 0 Å². The number of hydrogen-bond acceptors (Lipinski definition) is 4. The molecule has 0 saturated carbocycles. The van der Waals surface area contributed by atoms with E-state index < -0.39 is 16.9 Å². The van der Waals surface area contributed by atoms with Crippen molar-refractivity contribution in [1.82, 2.24) is 10.2 Å². The number of likely N-dealkylation sites (tertiary alicyclic amines) is 1. The van der Waals surface area contributed by atoms with Crippen LogP contribution in [0.15, 0.2) is 18.2 Å². The van der Waals surface area contributed by atoms with E-state index in [0.29, 0.717) is 19.0 Å². The van der Waals surface area contributed by atoms with Crippen molar-refractivity contribution in [2.45, 2.75) is 39.7 Å². The molecule has 142 valence electrons. The van der Waals surface area contributed by atoms with Crippen LogP contribution in [0.5, 0.6) is 0 Å². The van der Waals surface area contributed by atoms with Crippen LogP contribution in [0.25, 0.3) is 0 Å². The number of benzene rings is 1. The van der Waals surface area contributed by atoms with E-state index in [2.05, 4.69) is 12.2 Å². The minimum absolute atomic E-state index is 0.0155. The Kier molecular flexibility index (Phi) is 6.58. The van der Waals surface area contributed by atoms with Gasteiger partial charge in [-0.1, -0.05) is 32.4 Å². The van der Waals surface area contributed by atoms with Crippen LogP contribution in [0, 0.1) is 22.0 Å². The summed E-state index contributed by atoms with van der Waals surface area (Å²) in [5.41, 5.74) is -0.0759. The maximum atomic E-state index is 12.9. The van der Waals surface area contributed by atoms with E-state index in [9.17, 15) is 19.7 Å². The van der Waals surface area contributed by atoms with E-state index in [1.165, 1.54) is 12.1 Å². The van der Waals surface area contributed by atoms with Crippen molar-refractivity contribution in [3.05, 3.63) is 38.9 Å². The van der Waals surface area contributed by atoms with Gasteiger partial charge in [0.1, 0.15) is 6.04 Å². The summed E-state index contributed by atoms with van der Waals surface area (Å²) in [6, 6.07) is 2.99. The van der Waals surface area contributed by atoms with Crippen LogP contribution in [0.3, 0.4) is 0 Å². The largest absolute Gasteiger partial charge is 0.341 e. The number of hydrogen-bond donors (Lipinski definition) is 1. The number of piperidine rings is 1. The Morgan fingerprint density at radius 2 is 2.08 bits per heavy atom. The summed E-state index contributed by atoms with van der Waals surface area (Å²) in [4.78, 5) is 37.5. The van der Waals surface area contributed by atoms with Gasteiger partial charge in [-0.15, -0.1) is 0 Å². The van der Waals surface area contributed by atoms with Gasteiger partial charge in [0.15, 0.2) is 0 Å². The Morgan fingerprint density at radius 3 is 2.62 bits per heavy atom. The second kappa shape index (κ2) is 8.49. The van der Waals surface area contributed by atoms with Crippen LogP contribution < -0.4 is 5.32 Å². The molecule has 8 heteroatoms. The van der Waals surface area contributed by atoms with Gasteiger partial charge in [0.05, 0.1) is 15.5 Å². The minimum Gasteiger partial charge on any atom is -0.341 e. The highest BCUT2D eigenvalue weighted by Crippen LogP contribution is 2.23. The molecular formula is C18H24ClN3O4. The number of nitro benzene ring substituents is 1. The van der Waals surface area contributed by atoms with Crippen molar-refractivity contribution >= 4 is 29.1 Å². The first kappa shape index (κ1) is 20.2. The predicted molar refractivity (Wildman–Crippen MR) is 99.2 cm³/mol. The lowest BCUT2D eigenvalue weighted by molar-refractivity contribution is -0.384. The molecule has 0 radical (unpaired) electrons. The molecule has 1 aliphatic heterocycles. The molecule has 2 unspecified atom stereocenters. The van der Waals surface area contributed by atoms with Gasteiger partial charge in [-0.2, -0.15) is 0 Å². The molecule has 1 aromatic rings. The lowest BCUT2D eigenvalue weighted by Crippen LogP contribution is -2.53. The van der Waals surface area contributed by atoms with Gasteiger partial charge >= 0.3 is 0 Å². The molecule has 1 saturated heterocycles. The summed E-state index contributed by atoms with van der Waals surface area (Å²) in [5, 5.41) is 13.5. The summed E-state index contributed by atoms with van der Waals surface area (Å²) in [5.74, 6) is -0.263. The molecule has 7 nitrogen and oxygen atoms in total. The topological polar surface area (TPSA) is 92.6 Å². The average molecular weight is 382 g/mol. The standard InChI is InChI=1S/C18H24ClN3O4/c1-11(2)16(18(24)21-8-4-5-12(3)10-21)20-17(23)14-7-6-13(22(25)26)9-15(14)19/h6-7,9,11-12,16H,4-5,8,10H2,1-3H3,(H,20,23). The van der Waals surface area contributed by atoms with Crippen molar-refractivity contribution < 1.29 is 14.5 Å². The zero-order valence-corrected chi connectivity index (χ0v) is 16.0. The van der Waals surface area contributed by atoms with E-state index in [1.54, 1.807) is 4.90 Å². The number of halogens is 1. The normalized spacial score (nSPS) is 18.5. The van der Waals surface area contributed by atoms with Crippen molar-refractivity contribution in [3.63, 3.8) is 0 Å². The van der Waals surface area contributed by atoms with Gasteiger partial charge in [0.25, 0.3) is 11.6 Å². The molecule has 1 aromatic carbocycles. The number of nitrogens with zero attached hydrogens (tertiary/aromatic N) is 2. The van der Waals surface area contributed by atoms with Crippen LogP contribution in [-0.4, -0.2) is 40.8 Å². The summed E-state index contributed by atoms with van der Waals surface area (Å²) in [6.07, 6.45) is 2.06. The highest BCUT2D eigenvalue weighted by molar-refractivity contribution is 6.34. The van der Waals surface area contributed by atoms with Gasteiger partial charge < -0.3 is 10.2 Å². The van der Waals surface area contributed by atoms with Crippen molar-refractivity contribution in [3.8, 4) is 0 Å². The first-order valence-corrected chi connectivity index (χ1v) is 9.12. The van der Waals surface area contributed by atoms with Crippen LogP contribution in [0.1, 0.15) is 44.0 Å². The van der Waals surface area contributed by atoms with Gasteiger partial charge in [-0.3, -0.25) is 19.7 Å². The number of carbonyl (C=O) groups is 2. The molecule has 1 heterocycles.